The van der Waals surface area contributed by atoms with Gasteiger partial charge in [-0.25, -0.2) is 10.3 Å². The van der Waals surface area contributed by atoms with Gasteiger partial charge in [0.1, 0.15) is 5.94 Å². The minimum Gasteiger partial charge on any atom is -0.381 e. The Hall–Kier alpha value is -1.73. The van der Waals surface area contributed by atoms with Crippen molar-refractivity contribution < 1.29 is 9.63 Å². The van der Waals surface area contributed by atoms with E-state index in [1.54, 1.807) is 6.20 Å². The van der Waals surface area contributed by atoms with Crippen LogP contribution in [-0.4, -0.2) is 5.94 Å². The summed E-state index contributed by atoms with van der Waals surface area (Å²) in [7, 11) is 0. The van der Waals surface area contributed by atoms with Crippen LogP contribution in [0.15, 0.2) is 41.3 Å². The molecule has 3 nitrogen and oxygen atoms in total. The first-order valence-electron chi connectivity index (χ1n) is 3.66. The third-order valence-corrected chi connectivity index (χ3v) is 1.77. The molecule has 1 heterocycles. The monoisotopic (exact) mass is 161 g/mol. The molecule has 0 bridgehead atoms. The van der Waals surface area contributed by atoms with Gasteiger partial charge in [-0.05, 0) is 6.08 Å². The van der Waals surface area contributed by atoms with Crippen molar-refractivity contribution in [3.8, 4) is 0 Å². The molecule has 0 saturated carbocycles. The van der Waals surface area contributed by atoms with Crippen LogP contribution >= 0.6 is 0 Å². The summed E-state index contributed by atoms with van der Waals surface area (Å²) in [5.41, 5.74) is 4.05. The number of hydrogen-bond donors (Lipinski definition) is 1. The van der Waals surface area contributed by atoms with Crippen LogP contribution in [0, 0.1) is 0 Å². The molecule has 0 unspecified atom stereocenters. The number of nitrogens with one attached hydrogen (secondary N) is 1. The van der Waals surface area contributed by atoms with Crippen LogP contribution in [-0.2, 0) is 9.63 Å². The van der Waals surface area contributed by atoms with Crippen molar-refractivity contribution in [2.24, 2.45) is 0 Å². The fourth-order valence-electron chi connectivity index (χ4n) is 1.20. The predicted molar refractivity (Wildman–Crippen MR) is 43.4 cm³/mol. The number of hydrogen-bond acceptors (Lipinski definition) is 3. The van der Waals surface area contributed by atoms with E-state index in [0.29, 0.717) is 17.8 Å². The Morgan fingerprint density at radius 1 is 1.50 bits per heavy atom. The first-order valence-corrected chi connectivity index (χ1v) is 3.66. The van der Waals surface area contributed by atoms with E-state index < -0.39 is 0 Å². The van der Waals surface area contributed by atoms with Crippen molar-refractivity contribution in [3.63, 3.8) is 0 Å². The zero-order valence-electron chi connectivity index (χ0n) is 6.33. The fraction of sp³-hybridized carbons (Fsp3) is 0.111. The van der Waals surface area contributed by atoms with Gasteiger partial charge in [-0.3, -0.25) is 0 Å². The molecule has 0 radical (unpaired) electrons. The topological polar surface area (TPSA) is 38.3 Å². The van der Waals surface area contributed by atoms with E-state index >= 15 is 0 Å². The first-order chi connectivity index (χ1) is 5.92. The average molecular weight is 161 g/mol. The molecule has 0 atom stereocenters. The highest BCUT2D eigenvalue weighted by atomic mass is 16.6. The molecule has 1 N–H and O–H groups in total. The van der Waals surface area contributed by atoms with Crippen molar-refractivity contribution in [2.45, 2.75) is 6.42 Å². The van der Waals surface area contributed by atoms with Gasteiger partial charge in [0.25, 0.3) is 0 Å². The predicted octanol–water partition coefficient (Wildman–Crippen LogP) is 1.01. The quantitative estimate of drug-likeness (QED) is 0.539. The Bertz CT molecular complexity index is 340. The molecule has 0 aromatic carbocycles. The van der Waals surface area contributed by atoms with Gasteiger partial charge in [0, 0.05) is 18.2 Å². The SMILES string of the molecule is O=C=C1CC=CC2=C1ONC=C2. The highest BCUT2D eigenvalue weighted by molar-refractivity contribution is 5.64. The Kier molecular flexibility index (Phi) is 1.57. The molecule has 0 saturated heterocycles. The van der Waals surface area contributed by atoms with Gasteiger partial charge in [-0.2, -0.15) is 0 Å². The molecule has 0 aromatic rings. The maximum atomic E-state index is 10.5. The van der Waals surface area contributed by atoms with E-state index in [9.17, 15) is 4.79 Å². The number of hydroxylamine groups is 1. The van der Waals surface area contributed by atoms with Gasteiger partial charge in [0.05, 0.1) is 5.57 Å². The zero-order chi connectivity index (χ0) is 8.39. The second-order valence-electron chi connectivity index (χ2n) is 2.52. The zero-order valence-corrected chi connectivity index (χ0v) is 6.33. The van der Waals surface area contributed by atoms with Crippen LogP contribution in [0.25, 0.3) is 0 Å². The Balaban J connectivity index is 2.50. The largest absolute Gasteiger partial charge is 0.381 e. The fourth-order valence-corrected chi connectivity index (χ4v) is 1.20. The Morgan fingerprint density at radius 3 is 3.25 bits per heavy atom. The van der Waals surface area contributed by atoms with Crippen LogP contribution in [0.4, 0.5) is 0 Å². The summed E-state index contributed by atoms with van der Waals surface area (Å²) in [6.07, 6.45) is 7.96. The molecule has 0 aromatic heterocycles. The highest BCUT2D eigenvalue weighted by Crippen LogP contribution is 2.25. The van der Waals surface area contributed by atoms with Crippen molar-refractivity contribution in [1.82, 2.24) is 5.48 Å². The Labute approximate surface area is 69.7 Å². The third-order valence-electron chi connectivity index (χ3n) is 1.77. The van der Waals surface area contributed by atoms with Gasteiger partial charge in [-0.1, -0.05) is 12.2 Å². The molecule has 1 aliphatic heterocycles. The van der Waals surface area contributed by atoms with E-state index in [1.165, 1.54) is 0 Å². The standard InChI is InChI=1S/C9H7NO2/c11-6-8-3-1-2-7-4-5-10-12-9(7)8/h1-2,4-5,10H,3H2. The lowest BCUT2D eigenvalue weighted by atomic mass is 10.0. The highest BCUT2D eigenvalue weighted by Gasteiger charge is 2.16. The van der Waals surface area contributed by atoms with Crippen molar-refractivity contribution in [3.05, 3.63) is 41.3 Å². The van der Waals surface area contributed by atoms with Crippen LogP contribution < -0.4 is 5.48 Å². The van der Waals surface area contributed by atoms with Crippen molar-refractivity contribution >= 4 is 5.94 Å². The smallest absolute Gasteiger partial charge is 0.176 e. The van der Waals surface area contributed by atoms with Crippen molar-refractivity contribution in [2.75, 3.05) is 0 Å². The van der Waals surface area contributed by atoms with Gasteiger partial charge in [0.2, 0.25) is 0 Å². The molecule has 0 fully saturated rings. The molecule has 2 rings (SSSR count). The molecule has 12 heavy (non-hydrogen) atoms. The number of rotatable bonds is 0. The van der Waals surface area contributed by atoms with Crippen LogP contribution in [0.2, 0.25) is 0 Å². The lowest BCUT2D eigenvalue weighted by Gasteiger charge is -2.17. The first kappa shape index (κ1) is 6.95. The van der Waals surface area contributed by atoms with Gasteiger partial charge < -0.3 is 4.84 Å². The minimum absolute atomic E-state index is 0.560. The van der Waals surface area contributed by atoms with Gasteiger partial charge >= 0.3 is 0 Å². The Morgan fingerprint density at radius 2 is 2.42 bits per heavy atom. The van der Waals surface area contributed by atoms with Gasteiger partial charge in [-0.15, -0.1) is 0 Å². The summed E-state index contributed by atoms with van der Waals surface area (Å²) in [4.78, 5) is 15.5. The maximum absolute atomic E-state index is 10.5. The molecular weight excluding hydrogens is 154 g/mol. The second-order valence-corrected chi connectivity index (χ2v) is 2.52. The summed E-state index contributed by atoms with van der Waals surface area (Å²) >= 11 is 0. The normalized spacial score (nSPS) is 19.5. The molecule has 3 heteroatoms. The third kappa shape index (κ3) is 0.966. The van der Waals surface area contributed by atoms with E-state index in [-0.39, 0.29) is 0 Å². The van der Waals surface area contributed by atoms with E-state index in [2.05, 4.69) is 5.48 Å². The summed E-state index contributed by atoms with van der Waals surface area (Å²) in [5.74, 6) is 2.45. The van der Waals surface area contributed by atoms with E-state index in [1.807, 2.05) is 24.2 Å². The second kappa shape index (κ2) is 2.72. The van der Waals surface area contributed by atoms with Crippen LogP contribution in [0.5, 0.6) is 0 Å². The summed E-state index contributed by atoms with van der Waals surface area (Å²) in [6.45, 7) is 0. The molecule has 0 spiro atoms. The maximum Gasteiger partial charge on any atom is 0.176 e. The lowest BCUT2D eigenvalue weighted by molar-refractivity contribution is 0.142. The minimum atomic E-state index is 0.560. The lowest BCUT2D eigenvalue weighted by Crippen LogP contribution is -2.15. The van der Waals surface area contributed by atoms with Crippen LogP contribution in [0.3, 0.4) is 0 Å². The van der Waals surface area contributed by atoms with Gasteiger partial charge in [0.15, 0.2) is 5.76 Å². The molecule has 1 aliphatic carbocycles. The number of carbonyl (C=O) groups excluding carboxylic acids is 1. The average Bonchev–Trinajstić information content (AvgIpc) is 2.17. The van der Waals surface area contributed by atoms with E-state index in [4.69, 9.17) is 4.84 Å². The molecule has 0 amide bonds. The summed E-state index contributed by atoms with van der Waals surface area (Å²) in [6, 6.07) is 0. The molecular formula is C9H7NO2. The summed E-state index contributed by atoms with van der Waals surface area (Å²) < 4.78 is 0. The molecule has 60 valence electrons. The number of allylic oxidation sites excluding steroid dienone is 5. The van der Waals surface area contributed by atoms with Crippen molar-refractivity contribution in [1.29, 1.82) is 0 Å². The summed E-state index contributed by atoms with van der Waals surface area (Å²) in [5, 5.41) is 0. The van der Waals surface area contributed by atoms with Crippen LogP contribution in [0.1, 0.15) is 6.42 Å². The molecule has 2 aliphatic rings. The van der Waals surface area contributed by atoms with E-state index in [0.717, 1.165) is 5.57 Å².